The van der Waals surface area contributed by atoms with Crippen LogP contribution in [-0.2, 0) is 9.53 Å². The molecule has 0 aliphatic carbocycles. The van der Waals surface area contributed by atoms with E-state index >= 15 is 0 Å². The monoisotopic (exact) mass is 173 g/mol. The molecule has 1 saturated heterocycles. The molecule has 4 heteroatoms. The predicted molar refractivity (Wildman–Crippen MR) is 44.1 cm³/mol. The lowest BCUT2D eigenvalue weighted by molar-refractivity contribution is -0.149. The molecule has 1 fully saturated rings. The Morgan fingerprint density at radius 3 is 2.83 bits per heavy atom. The highest BCUT2D eigenvalue weighted by Gasteiger charge is 2.31. The molecule has 0 amide bonds. The van der Waals surface area contributed by atoms with Gasteiger partial charge in [-0.15, -0.1) is 0 Å². The van der Waals surface area contributed by atoms with Crippen LogP contribution in [0.3, 0.4) is 0 Å². The van der Waals surface area contributed by atoms with E-state index in [9.17, 15) is 4.79 Å². The number of hydrogen-bond acceptors (Lipinski definition) is 3. The molecule has 0 aromatic heterocycles. The van der Waals surface area contributed by atoms with Crippen LogP contribution in [-0.4, -0.2) is 35.9 Å². The van der Waals surface area contributed by atoms with E-state index in [0.717, 1.165) is 6.42 Å². The van der Waals surface area contributed by atoms with Crippen LogP contribution in [0.4, 0.5) is 0 Å². The molecule has 1 aliphatic heterocycles. The molecule has 1 aliphatic rings. The van der Waals surface area contributed by atoms with Gasteiger partial charge >= 0.3 is 5.97 Å². The van der Waals surface area contributed by atoms with Gasteiger partial charge in [0.2, 0.25) is 0 Å². The minimum atomic E-state index is -0.836. The maximum Gasteiger partial charge on any atom is 0.323 e. The van der Waals surface area contributed by atoms with Gasteiger partial charge < -0.3 is 9.84 Å². The number of nitrogens with one attached hydrogen (secondary N) is 1. The molecule has 0 radical (unpaired) electrons. The van der Waals surface area contributed by atoms with Gasteiger partial charge in [-0.3, -0.25) is 10.1 Å². The number of morpholine rings is 1. The summed E-state index contributed by atoms with van der Waals surface area (Å²) in [7, 11) is 0. The molecule has 12 heavy (non-hydrogen) atoms. The predicted octanol–water partition coefficient (Wildman–Crippen LogP) is 0.226. The Labute approximate surface area is 71.9 Å². The summed E-state index contributed by atoms with van der Waals surface area (Å²) in [5.74, 6) is -0.836. The van der Waals surface area contributed by atoms with Gasteiger partial charge in [0.1, 0.15) is 6.04 Å². The molecule has 0 aromatic rings. The van der Waals surface area contributed by atoms with Crippen LogP contribution in [0, 0.1) is 0 Å². The quantitative estimate of drug-likeness (QED) is 0.627. The second-order valence-electron chi connectivity index (χ2n) is 3.10. The van der Waals surface area contributed by atoms with E-state index in [1.165, 1.54) is 0 Å². The highest BCUT2D eigenvalue weighted by Crippen LogP contribution is 2.11. The van der Waals surface area contributed by atoms with E-state index in [0.29, 0.717) is 6.54 Å². The zero-order chi connectivity index (χ0) is 9.14. The lowest BCUT2D eigenvalue weighted by atomic mass is 10.1. The Balaban J connectivity index is 2.47. The van der Waals surface area contributed by atoms with Crippen molar-refractivity contribution in [2.24, 2.45) is 0 Å². The van der Waals surface area contributed by atoms with Crippen LogP contribution in [0.2, 0.25) is 0 Å². The summed E-state index contributed by atoms with van der Waals surface area (Å²) in [6, 6.07) is -0.548. The van der Waals surface area contributed by atoms with Gasteiger partial charge in [-0.05, 0) is 13.3 Å². The highest BCUT2D eigenvalue weighted by molar-refractivity contribution is 5.74. The Hall–Kier alpha value is -0.610. The first-order chi connectivity index (χ1) is 5.65. The van der Waals surface area contributed by atoms with Gasteiger partial charge in [0.25, 0.3) is 0 Å². The highest BCUT2D eigenvalue weighted by atomic mass is 16.5. The third kappa shape index (κ3) is 1.95. The molecule has 4 nitrogen and oxygen atoms in total. The van der Waals surface area contributed by atoms with E-state index in [-0.39, 0.29) is 12.2 Å². The minimum Gasteiger partial charge on any atom is -0.480 e. The summed E-state index contributed by atoms with van der Waals surface area (Å²) in [5.41, 5.74) is 0. The van der Waals surface area contributed by atoms with Crippen molar-refractivity contribution >= 4 is 5.97 Å². The number of rotatable bonds is 2. The first-order valence-electron chi connectivity index (χ1n) is 4.26. The molecule has 0 spiro atoms. The first kappa shape index (κ1) is 9.48. The maximum absolute atomic E-state index is 10.6. The fourth-order valence-corrected chi connectivity index (χ4v) is 1.38. The van der Waals surface area contributed by atoms with Gasteiger partial charge in [0, 0.05) is 6.54 Å². The second kappa shape index (κ2) is 3.87. The normalized spacial score (nSPS) is 36.3. The lowest BCUT2D eigenvalue weighted by Crippen LogP contribution is -2.54. The summed E-state index contributed by atoms with van der Waals surface area (Å²) in [6.45, 7) is 4.45. The van der Waals surface area contributed by atoms with Crippen molar-refractivity contribution < 1.29 is 14.6 Å². The molecule has 70 valence electrons. The molecule has 0 saturated carbocycles. The van der Waals surface area contributed by atoms with E-state index in [4.69, 9.17) is 9.84 Å². The molecular weight excluding hydrogens is 158 g/mol. The van der Waals surface area contributed by atoms with Crippen molar-refractivity contribution in [1.29, 1.82) is 0 Å². The van der Waals surface area contributed by atoms with Crippen LogP contribution < -0.4 is 5.32 Å². The van der Waals surface area contributed by atoms with E-state index in [2.05, 4.69) is 5.32 Å². The fraction of sp³-hybridized carbons (Fsp3) is 0.875. The third-order valence-corrected chi connectivity index (χ3v) is 2.16. The first-order valence-corrected chi connectivity index (χ1v) is 4.26. The standard InChI is InChI=1S/C8H15NO3/c1-3-6-4-9-7(8(10)11)5(2)12-6/h5-7,9H,3-4H2,1-2H3,(H,10,11). The average molecular weight is 173 g/mol. The fourth-order valence-electron chi connectivity index (χ4n) is 1.38. The summed E-state index contributed by atoms with van der Waals surface area (Å²) in [5, 5.41) is 11.7. The Kier molecular flexibility index (Phi) is 3.05. The molecule has 3 unspecified atom stereocenters. The van der Waals surface area contributed by atoms with Crippen molar-refractivity contribution in [3.8, 4) is 0 Å². The smallest absolute Gasteiger partial charge is 0.323 e. The zero-order valence-electron chi connectivity index (χ0n) is 7.41. The van der Waals surface area contributed by atoms with Crippen LogP contribution in [0.1, 0.15) is 20.3 Å². The van der Waals surface area contributed by atoms with Gasteiger partial charge in [-0.1, -0.05) is 6.92 Å². The number of ether oxygens (including phenoxy) is 1. The maximum atomic E-state index is 10.6. The molecule has 2 N–H and O–H groups in total. The van der Waals surface area contributed by atoms with Crippen molar-refractivity contribution in [2.75, 3.05) is 6.54 Å². The number of carboxylic acid groups (broad SMARTS) is 1. The zero-order valence-corrected chi connectivity index (χ0v) is 7.41. The van der Waals surface area contributed by atoms with Crippen LogP contribution in [0.15, 0.2) is 0 Å². The molecule has 1 heterocycles. The van der Waals surface area contributed by atoms with E-state index in [1.54, 1.807) is 6.92 Å². The molecule has 3 atom stereocenters. The number of carboxylic acids is 1. The average Bonchev–Trinajstić information content (AvgIpc) is 2.03. The van der Waals surface area contributed by atoms with Gasteiger partial charge in [0.05, 0.1) is 12.2 Å². The molecule has 1 rings (SSSR count). The molecular formula is C8H15NO3. The SMILES string of the molecule is CCC1CNC(C(=O)O)C(C)O1. The van der Waals surface area contributed by atoms with Crippen LogP contribution >= 0.6 is 0 Å². The van der Waals surface area contributed by atoms with Gasteiger partial charge in [0.15, 0.2) is 0 Å². The summed E-state index contributed by atoms with van der Waals surface area (Å²) in [4.78, 5) is 10.6. The van der Waals surface area contributed by atoms with Crippen LogP contribution in [0.5, 0.6) is 0 Å². The molecule has 0 bridgehead atoms. The molecule has 0 aromatic carbocycles. The Morgan fingerprint density at radius 2 is 2.42 bits per heavy atom. The largest absolute Gasteiger partial charge is 0.480 e. The minimum absolute atomic E-state index is 0.163. The summed E-state index contributed by atoms with van der Waals surface area (Å²) in [6.07, 6.45) is 0.848. The number of aliphatic carboxylic acids is 1. The lowest BCUT2D eigenvalue weighted by Gasteiger charge is -2.32. The Morgan fingerprint density at radius 1 is 1.75 bits per heavy atom. The van der Waals surface area contributed by atoms with Crippen LogP contribution in [0.25, 0.3) is 0 Å². The summed E-state index contributed by atoms with van der Waals surface area (Å²) < 4.78 is 5.47. The number of carbonyl (C=O) groups is 1. The van der Waals surface area contributed by atoms with Gasteiger partial charge in [-0.25, -0.2) is 0 Å². The topological polar surface area (TPSA) is 58.6 Å². The van der Waals surface area contributed by atoms with Gasteiger partial charge in [-0.2, -0.15) is 0 Å². The number of hydrogen-bond donors (Lipinski definition) is 2. The third-order valence-electron chi connectivity index (χ3n) is 2.16. The van der Waals surface area contributed by atoms with Crippen molar-refractivity contribution in [3.05, 3.63) is 0 Å². The summed E-state index contributed by atoms with van der Waals surface area (Å²) >= 11 is 0. The van der Waals surface area contributed by atoms with E-state index in [1.807, 2.05) is 6.92 Å². The second-order valence-corrected chi connectivity index (χ2v) is 3.10. The van der Waals surface area contributed by atoms with Crippen molar-refractivity contribution in [2.45, 2.75) is 38.5 Å². The van der Waals surface area contributed by atoms with E-state index < -0.39 is 12.0 Å². The van der Waals surface area contributed by atoms with Crippen molar-refractivity contribution in [1.82, 2.24) is 5.32 Å². The van der Waals surface area contributed by atoms with Crippen molar-refractivity contribution in [3.63, 3.8) is 0 Å². The Bertz CT molecular complexity index is 172.